The number of methoxy groups -OCH3 is 1. The van der Waals surface area contributed by atoms with Gasteiger partial charge in [0, 0.05) is 25.8 Å². The molecule has 3 rings (SSSR count). The molecule has 0 N–H and O–H groups in total. The average molecular weight is 371 g/mol. The normalized spacial score (nSPS) is 11.8. The summed E-state index contributed by atoms with van der Waals surface area (Å²) in [7, 11) is 1.58. The van der Waals surface area contributed by atoms with Crippen LogP contribution in [0.1, 0.15) is 5.56 Å². The first-order chi connectivity index (χ1) is 12.6. The van der Waals surface area contributed by atoms with E-state index in [2.05, 4.69) is 4.99 Å². The molecule has 1 heterocycles. The van der Waals surface area contributed by atoms with Crippen molar-refractivity contribution in [2.45, 2.75) is 13.0 Å². The molecule has 26 heavy (non-hydrogen) atoms. The summed E-state index contributed by atoms with van der Waals surface area (Å²) in [6, 6.07) is 14.0. The summed E-state index contributed by atoms with van der Waals surface area (Å²) in [6.45, 7) is 0.865. The first-order valence-corrected chi connectivity index (χ1v) is 8.78. The molecule has 1 aromatic heterocycles. The molecule has 8 heteroatoms. The molecule has 0 aliphatic rings. The Morgan fingerprint density at radius 2 is 2.04 bits per heavy atom. The summed E-state index contributed by atoms with van der Waals surface area (Å²) < 4.78 is 7.74. The molecule has 0 aliphatic carbocycles. The number of carbonyl (C=O) groups excluding carboxylic acids is 1. The number of benzene rings is 2. The monoisotopic (exact) mass is 371 g/mol. The van der Waals surface area contributed by atoms with Crippen molar-refractivity contribution in [2.24, 2.45) is 4.99 Å². The lowest BCUT2D eigenvalue weighted by molar-refractivity contribution is -0.384. The molecule has 0 saturated carbocycles. The van der Waals surface area contributed by atoms with E-state index in [1.165, 1.54) is 23.5 Å². The third-order valence-corrected chi connectivity index (χ3v) is 4.87. The van der Waals surface area contributed by atoms with Crippen molar-refractivity contribution in [3.63, 3.8) is 0 Å². The lowest BCUT2D eigenvalue weighted by Gasteiger charge is -2.04. The van der Waals surface area contributed by atoms with Crippen LogP contribution in [0.4, 0.5) is 5.69 Å². The molecule has 1 amide bonds. The summed E-state index contributed by atoms with van der Waals surface area (Å²) in [4.78, 5) is 27.7. The number of nitrogens with zero attached hydrogens (tertiary/aromatic N) is 3. The van der Waals surface area contributed by atoms with Crippen molar-refractivity contribution in [3.8, 4) is 0 Å². The molecule has 0 atom stereocenters. The highest BCUT2D eigenvalue weighted by atomic mass is 32.1. The zero-order valence-corrected chi connectivity index (χ0v) is 14.9. The minimum Gasteiger partial charge on any atom is -0.383 e. The Kier molecular flexibility index (Phi) is 5.55. The van der Waals surface area contributed by atoms with Gasteiger partial charge in [-0.2, -0.15) is 4.99 Å². The molecule has 0 aliphatic heterocycles. The Bertz CT molecular complexity index is 1010. The topological polar surface area (TPSA) is 86.7 Å². The highest BCUT2D eigenvalue weighted by molar-refractivity contribution is 7.16. The zero-order chi connectivity index (χ0) is 18.5. The van der Waals surface area contributed by atoms with Gasteiger partial charge in [0.2, 0.25) is 0 Å². The fourth-order valence-electron chi connectivity index (χ4n) is 2.57. The molecule has 0 radical (unpaired) electrons. The van der Waals surface area contributed by atoms with E-state index in [1.807, 2.05) is 30.3 Å². The van der Waals surface area contributed by atoms with Gasteiger partial charge in [-0.15, -0.1) is 0 Å². The second-order valence-electron chi connectivity index (χ2n) is 5.61. The third kappa shape index (κ3) is 4.04. The van der Waals surface area contributed by atoms with Gasteiger partial charge >= 0.3 is 0 Å². The number of nitro benzene ring substituents is 1. The molecular formula is C18H17N3O4S. The standard InChI is InChI=1S/C18H17N3O4S/c1-25-10-9-20-15-12-14(21(23)24)7-8-16(15)26-18(20)19-17(22)11-13-5-3-2-4-6-13/h2-8,12H,9-11H2,1H3. The van der Waals surface area contributed by atoms with Gasteiger partial charge in [0.1, 0.15) is 0 Å². The van der Waals surface area contributed by atoms with Crippen molar-refractivity contribution in [1.82, 2.24) is 4.57 Å². The predicted octanol–water partition coefficient (Wildman–Crippen LogP) is 2.93. The van der Waals surface area contributed by atoms with Crippen LogP contribution in [0.3, 0.4) is 0 Å². The SMILES string of the molecule is COCCn1c(=NC(=O)Cc2ccccc2)sc2ccc([N+](=O)[O-])cc21. The van der Waals surface area contributed by atoms with Crippen LogP contribution < -0.4 is 4.80 Å². The quantitative estimate of drug-likeness (QED) is 0.492. The van der Waals surface area contributed by atoms with Crippen LogP contribution in [0.25, 0.3) is 10.2 Å². The number of fused-ring (bicyclic) bond motifs is 1. The Hall–Kier alpha value is -2.84. The minimum absolute atomic E-state index is 0.00336. The van der Waals surface area contributed by atoms with Crippen LogP contribution in [0, 0.1) is 10.1 Å². The number of nitro groups is 1. The van der Waals surface area contributed by atoms with E-state index in [0.717, 1.165) is 10.3 Å². The van der Waals surface area contributed by atoms with E-state index in [-0.39, 0.29) is 18.0 Å². The summed E-state index contributed by atoms with van der Waals surface area (Å²) in [5.41, 5.74) is 1.57. The lowest BCUT2D eigenvalue weighted by atomic mass is 10.1. The predicted molar refractivity (Wildman–Crippen MR) is 99.1 cm³/mol. The molecule has 0 bridgehead atoms. The van der Waals surface area contributed by atoms with Crippen LogP contribution in [0.5, 0.6) is 0 Å². The molecule has 0 saturated heterocycles. The summed E-state index contributed by atoms with van der Waals surface area (Å²) in [5.74, 6) is -0.261. The molecule has 0 unspecified atom stereocenters. The van der Waals surface area contributed by atoms with E-state index in [4.69, 9.17) is 4.74 Å². The number of hydrogen-bond acceptors (Lipinski definition) is 5. The minimum atomic E-state index is -0.435. The van der Waals surface area contributed by atoms with Gasteiger partial charge < -0.3 is 9.30 Å². The van der Waals surface area contributed by atoms with Crippen LogP contribution >= 0.6 is 11.3 Å². The Morgan fingerprint density at radius 3 is 2.73 bits per heavy atom. The fourth-order valence-corrected chi connectivity index (χ4v) is 3.63. The van der Waals surface area contributed by atoms with Crippen LogP contribution in [0.2, 0.25) is 0 Å². The van der Waals surface area contributed by atoms with Gasteiger partial charge in [-0.05, 0) is 11.6 Å². The first-order valence-electron chi connectivity index (χ1n) is 7.96. The maximum Gasteiger partial charge on any atom is 0.271 e. The molecule has 7 nitrogen and oxygen atoms in total. The summed E-state index contributed by atoms with van der Waals surface area (Å²) in [6.07, 6.45) is 0.208. The van der Waals surface area contributed by atoms with E-state index in [9.17, 15) is 14.9 Å². The van der Waals surface area contributed by atoms with Crippen molar-refractivity contribution in [2.75, 3.05) is 13.7 Å². The van der Waals surface area contributed by atoms with E-state index in [0.29, 0.717) is 23.5 Å². The third-order valence-electron chi connectivity index (χ3n) is 3.81. The largest absolute Gasteiger partial charge is 0.383 e. The van der Waals surface area contributed by atoms with Gasteiger partial charge in [0.05, 0.1) is 28.2 Å². The van der Waals surface area contributed by atoms with Crippen molar-refractivity contribution in [1.29, 1.82) is 0 Å². The second kappa shape index (κ2) is 8.03. The molecular weight excluding hydrogens is 354 g/mol. The summed E-state index contributed by atoms with van der Waals surface area (Å²) >= 11 is 1.33. The molecule has 3 aromatic rings. The van der Waals surface area contributed by atoms with E-state index < -0.39 is 4.92 Å². The Labute approximate surface area is 153 Å². The van der Waals surface area contributed by atoms with Crippen LogP contribution in [-0.4, -0.2) is 29.1 Å². The second-order valence-corrected chi connectivity index (χ2v) is 6.62. The smallest absolute Gasteiger partial charge is 0.271 e. The number of carbonyl (C=O) groups is 1. The number of thiazole rings is 1. The Morgan fingerprint density at radius 1 is 1.27 bits per heavy atom. The molecule has 0 fully saturated rings. The van der Waals surface area contributed by atoms with Crippen LogP contribution in [0.15, 0.2) is 53.5 Å². The number of rotatable bonds is 6. The first kappa shape index (κ1) is 18.0. The van der Waals surface area contributed by atoms with Gasteiger partial charge in [-0.1, -0.05) is 41.7 Å². The van der Waals surface area contributed by atoms with Gasteiger partial charge in [0.15, 0.2) is 4.80 Å². The van der Waals surface area contributed by atoms with Gasteiger partial charge in [-0.3, -0.25) is 14.9 Å². The molecule has 134 valence electrons. The van der Waals surface area contributed by atoms with Crippen molar-refractivity contribution < 1.29 is 14.5 Å². The van der Waals surface area contributed by atoms with E-state index in [1.54, 1.807) is 17.7 Å². The van der Waals surface area contributed by atoms with Crippen LogP contribution in [-0.2, 0) is 22.5 Å². The molecule has 0 spiro atoms. The number of non-ortho nitro benzene ring substituents is 1. The lowest BCUT2D eigenvalue weighted by Crippen LogP contribution is -2.19. The maximum atomic E-state index is 12.3. The number of ether oxygens (including phenoxy) is 1. The fraction of sp³-hybridized carbons (Fsp3) is 0.222. The van der Waals surface area contributed by atoms with Crippen molar-refractivity contribution >= 4 is 33.1 Å². The van der Waals surface area contributed by atoms with Gasteiger partial charge in [0.25, 0.3) is 11.6 Å². The average Bonchev–Trinajstić information content (AvgIpc) is 2.96. The highest BCUT2D eigenvalue weighted by Crippen LogP contribution is 2.23. The molecule has 2 aromatic carbocycles. The summed E-state index contributed by atoms with van der Waals surface area (Å²) in [5, 5.41) is 11.1. The number of aromatic nitrogens is 1. The van der Waals surface area contributed by atoms with E-state index >= 15 is 0 Å². The highest BCUT2D eigenvalue weighted by Gasteiger charge is 2.13. The Balaban J connectivity index is 2.02. The maximum absolute atomic E-state index is 12.3. The van der Waals surface area contributed by atoms with Gasteiger partial charge in [-0.25, -0.2) is 0 Å². The number of hydrogen-bond donors (Lipinski definition) is 0. The van der Waals surface area contributed by atoms with Crippen molar-refractivity contribution in [3.05, 3.63) is 69.0 Å². The zero-order valence-electron chi connectivity index (χ0n) is 14.1. The number of amides is 1.